The highest BCUT2D eigenvalue weighted by Gasteiger charge is 2.08. The molecule has 0 aromatic rings. The van der Waals surface area contributed by atoms with Crippen LogP contribution in [-0.2, 0) is 4.79 Å². The van der Waals surface area contributed by atoms with Crippen LogP contribution in [0.5, 0.6) is 0 Å². The van der Waals surface area contributed by atoms with E-state index in [4.69, 9.17) is 11.6 Å². The molecule has 4 heteroatoms. The highest BCUT2D eigenvalue weighted by molar-refractivity contribution is 6.17. The van der Waals surface area contributed by atoms with Gasteiger partial charge in [-0.1, -0.05) is 13.8 Å². The topological polar surface area (TPSA) is 49.3 Å². The Morgan fingerprint density at radius 2 is 2.14 bits per heavy atom. The zero-order valence-corrected chi connectivity index (χ0v) is 9.68. The predicted molar refractivity (Wildman–Crippen MR) is 58.4 cm³/mol. The van der Waals surface area contributed by atoms with Gasteiger partial charge in [-0.15, -0.1) is 11.6 Å². The number of aliphatic hydroxyl groups is 1. The molecule has 0 aromatic carbocycles. The van der Waals surface area contributed by atoms with E-state index in [1.165, 1.54) is 0 Å². The molecule has 0 rings (SSSR count). The molecule has 0 bridgehead atoms. The van der Waals surface area contributed by atoms with Crippen molar-refractivity contribution in [3.8, 4) is 0 Å². The summed E-state index contributed by atoms with van der Waals surface area (Å²) in [6.45, 7) is 4.43. The number of carbonyl (C=O) groups excluding carboxylic acids is 1. The second-order valence-electron chi connectivity index (χ2n) is 3.88. The number of aliphatic hydroxyl groups excluding tert-OH is 1. The average molecular weight is 222 g/mol. The number of hydrogen-bond donors (Lipinski definition) is 2. The first-order valence-electron chi connectivity index (χ1n) is 5.07. The van der Waals surface area contributed by atoms with Gasteiger partial charge in [0.2, 0.25) is 5.91 Å². The Hall–Kier alpha value is -0.280. The monoisotopic (exact) mass is 221 g/mol. The molecule has 1 unspecified atom stereocenters. The Kier molecular flexibility index (Phi) is 7.90. The number of halogens is 1. The third kappa shape index (κ3) is 8.32. The Bertz CT molecular complexity index is 162. The normalized spacial score (nSPS) is 12.9. The minimum absolute atomic E-state index is 0.0338. The lowest BCUT2D eigenvalue weighted by atomic mass is 10.1. The van der Waals surface area contributed by atoms with Crippen molar-refractivity contribution in [2.45, 2.75) is 39.2 Å². The molecule has 14 heavy (non-hydrogen) atoms. The van der Waals surface area contributed by atoms with Gasteiger partial charge in [0.15, 0.2) is 0 Å². The van der Waals surface area contributed by atoms with Gasteiger partial charge >= 0.3 is 0 Å². The third-order valence-electron chi connectivity index (χ3n) is 1.82. The number of alkyl halides is 1. The summed E-state index contributed by atoms with van der Waals surface area (Å²) in [5.41, 5.74) is 0. The molecule has 0 fully saturated rings. The summed E-state index contributed by atoms with van der Waals surface area (Å²) in [5, 5.41) is 12.1. The zero-order chi connectivity index (χ0) is 11.0. The van der Waals surface area contributed by atoms with Gasteiger partial charge in [0.25, 0.3) is 0 Å². The molecular weight excluding hydrogens is 202 g/mol. The maximum atomic E-state index is 11.1. The molecule has 2 N–H and O–H groups in total. The van der Waals surface area contributed by atoms with Crippen LogP contribution in [0.1, 0.15) is 33.1 Å². The van der Waals surface area contributed by atoms with Gasteiger partial charge in [-0.3, -0.25) is 4.79 Å². The van der Waals surface area contributed by atoms with E-state index in [1.54, 1.807) is 0 Å². The van der Waals surface area contributed by atoms with E-state index < -0.39 is 6.10 Å². The van der Waals surface area contributed by atoms with Crippen LogP contribution < -0.4 is 5.32 Å². The number of amides is 1. The number of rotatable bonds is 7. The van der Waals surface area contributed by atoms with E-state index in [9.17, 15) is 9.90 Å². The Balaban J connectivity index is 3.45. The molecular formula is C10H20ClNO2. The molecule has 1 amide bonds. The fourth-order valence-electron chi connectivity index (χ4n) is 1.17. The molecule has 0 radical (unpaired) electrons. The quantitative estimate of drug-likeness (QED) is 0.641. The Morgan fingerprint density at radius 3 is 2.64 bits per heavy atom. The first-order valence-corrected chi connectivity index (χ1v) is 5.60. The third-order valence-corrected chi connectivity index (χ3v) is 2.08. The van der Waals surface area contributed by atoms with Crippen LogP contribution in [0.3, 0.4) is 0 Å². The summed E-state index contributed by atoms with van der Waals surface area (Å²) >= 11 is 5.45. The standard InChI is InChI=1S/C10H20ClNO2/c1-8(2)6-9(13)7-12-10(14)4-3-5-11/h8-9,13H,3-7H2,1-2H3,(H,12,14). The molecule has 1 atom stereocenters. The van der Waals surface area contributed by atoms with E-state index in [2.05, 4.69) is 5.32 Å². The van der Waals surface area contributed by atoms with Gasteiger partial charge in [0.05, 0.1) is 6.10 Å². The number of carbonyl (C=O) groups is 1. The molecule has 0 heterocycles. The van der Waals surface area contributed by atoms with Crippen molar-refractivity contribution in [3.63, 3.8) is 0 Å². The number of hydrogen-bond acceptors (Lipinski definition) is 2. The SMILES string of the molecule is CC(C)CC(O)CNC(=O)CCCCl. The van der Waals surface area contributed by atoms with Crippen molar-refractivity contribution in [1.82, 2.24) is 5.32 Å². The molecule has 0 saturated heterocycles. The second-order valence-corrected chi connectivity index (χ2v) is 4.26. The molecule has 3 nitrogen and oxygen atoms in total. The molecule has 0 spiro atoms. The maximum absolute atomic E-state index is 11.1. The van der Waals surface area contributed by atoms with Crippen LogP contribution in [0.15, 0.2) is 0 Å². The summed E-state index contributed by atoms with van der Waals surface area (Å²) < 4.78 is 0. The van der Waals surface area contributed by atoms with Gasteiger partial charge < -0.3 is 10.4 Å². The summed E-state index contributed by atoms with van der Waals surface area (Å²) in [6.07, 6.45) is 1.41. The van der Waals surface area contributed by atoms with Crippen molar-refractivity contribution in [2.24, 2.45) is 5.92 Å². The average Bonchev–Trinajstić information content (AvgIpc) is 2.10. The zero-order valence-electron chi connectivity index (χ0n) is 8.92. The molecule has 0 saturated carbocycles. The smallest absolute Gasteiger partial charge is 0.220 e. The van der Waals surface area contributed by atoms with Crippen LogP contribution in [0.2, 0.25) is 0 Å². The van der Waals surface area contributed by atoms with Crippen molar-refractivity contribution in [3.05, 3.63) is 0 Å². The second kappa shape index (κ2) is 8.06. The maximum Gasteiger partial charge on any atom is 0.220 e. The lowest BCUT2D eigenvalue weighted by Gasteiger charge is -2.13. The van der Waals surface area contributed by atoms with Crippen LogP contribution in [0.4, 0.5) is 0 Å². The lowest BCUT2D eigenvalue weighted by Crippen LogP contribution is -2.32. The molecule has 0 aromatic heterocycles. The van der Waals surface area contributed by atoms with Crippen LogP contribution >= 0.6 is 11.6 Å². The van der Waals surface area contributed by atoms with E-state index in [1.807, 2.05) is 13.8 Å². The lowest BCUT2D eigenvalue weighted by molar-refractivity contribution is -0.121. The van der Waals surface area contributed by atoms with E-state index in [0.717, 1.165) is 6.42 Å². The summed E-state index contributed by atoms with van der Waals surface area (Å²) in [7, 11) is 0. The largest absolute Gasteiger partial charge is 0.391 e. The molecule has 84 valence electrons. The minimum atomic E-state index is -0.435. The van der Waals surface area contributed by atoms with Gasteiger partial charge in [-0.25, -0.2) is 0 Å². The van der Waals surface area contributed by atoms with Crippen LogP contribution in [0.25, 0.3) is 0 Å². The summed E-state index contributed by atoms with van der Waals surface area (Å²) in [5.74, 6) is 0.917. The Morgan fingerprint density at radius 1 is 1.50 bits per heavy atom. The molecule has 0 aliphatic carbocycles. The Labute approximate surface area is 90.8 Å². The van der Waals surface area contributed by atoms with Crippen molar-refractivity contribution < 1.29 is 9.90 Å². The van der Waals surface area contributed by atoms with E-state index in [0.29, 0.717) is 31.2 Å². The van der Waals surface area contributed by atoms with Crippen LogP contribution in [-0.4, -0.2) is 29.5 Å². The van der Waals surface area contributed by atoms with Crippen LogP contribution in [0, 0.1) is 5.92 Å². The molecule has 0 aliphatic heterocycles. The van der Waals surface area contributed by atoms with Crippen molar-refractivity contribution >= 4 is 17.5 Å². The fourth-order valence-corrected chi connectivity index (χ4v) is 1.31. The fraction of sp³-hybridized carbons (Fsp3) is 0.900. The predicted octanol–water partition coefficient (Wildman–Crippen LogP) is 1.53. The van der Waals surface area contributed by atoms with Crippen molar-refractivity contribution in [2.75, 3.05) is 12.4 Å². The summed E-state index contributed by atoms with van der Waals surface area (Å²) in [4.78, 5) is 11.1. The van der Waals surface area contributed by atoms with Gasteiger partial charge in [-0.05, 0) is 18.8 Å². The van der Waals surface area contributed by atoms with Gasteiger partial charge in [-0.2, -0.15) is 0 Å². The van der Waals surface area contributed by atoms with E-state index >= 15 is 0 Å². The number of nitrogens with one attached hydrogen (secondary N) is 1. The highest BCUT2D eigenvalue weighted by Crippen LogP contribution is 2.03. The minimum Gasteiger partial charge on any atom is -0.391 e. The van der Waals surface area contributed by atoms with Gasteiger partial charge in [0, 0.05) is 18.8 Å². The van der Waals surface area contributed by atoms with Crippen molar-refractivity contribution in [1.29, 1.82) is 0 Å². The first-order chi connectivity index (χ1) is 6.56. The highest BCUT2D eigenvalue weighted by atomic mass is 35.5. The van der Waals surface area contributed by atoms with Gasteiger partial charge in [0.1, 0.15) is 0 Å². The first kappa shape index (κ1) is 13.7. The summed E-state index contributed by atoms with van der Waals surface area (Å²) in [6, 6.07) is 0. The van der Waals surface area contributed by atoms with E-state index in [-0.39, 0.29) is 5.91 Å². The molecule has 0 aliphatic rings.